The van der Waals surface area contributed by atoms with Gasteiger partial charge in [-0.3, -0.25) is 0 Å². The van der Waals surface area contributed by atoms with Crippen LogP contribution >= 0.6 is 20.6 Å². The van der Waals surface area contributed by atoms with Crippen LogP contribution in [-0.2, 0) is 3.74 Å². The molecule has 0 aliphatic carbocycles. The minimum absolute atomic E-state index is 0.159. The zero-order valence-electron chi connectivity index (χ0n) is 12.7. The molecule has 2 aromatic carbocycles. The third kappa shape index (κ3) is 5.20. The first kappa shape index (κ1) is 18.2. The third-order valence-corrected chi connectivity index (χ3v) is 7.59. The van der Waals surface area contributed by atoms with Gasteiger partial charge in [0, 0.05) is 4.91 Å². The van der Waals surface area contributed by atoms with Gasteiger partial charge < -0.3 is 5.11 Å². The molecule has 1 unspecified atom stereocenters. The molecule has 0 spiro atoms. The molecule has 0 radical (unpaired) electrons. The van der Waals surface area contributed by atoms with Crippen molar-refractivity contribution in [1.29, 1.82) is 0 Å². The zero-order valence-corrected chi connectivity index (χ0v) is 15.1. The molecule has 0 fully saturated rings. The third-order valence-electron chi connectivity index (χ3n) is 3.16. The van der Waals surface area contributed by atoms with Crippen LogP contribution in [-0.4, -0.2) is 9.97 Å². The molecule has 1 heterocycles. The highest BCUT2D eigenvalue weighted by Crippen LogP contribution is 2.50. The van der Waals surface area contributed by atoms with E-state index in [0.29, 0.717) is 4.86 Å². The topological polar surface area (TPSA) is 98.6 Å². The molecule has 0 amide bonds. The van der Waals surface area contributed by atoms with Crippen LogP contribution in [0.4, 0.5) is 0 Å². The monoisotopic (exact) mass is 396 g/mol. The highest BCUT2D eigenvalue weighted by atomic mass is 35.7. The predicted molar refractivity (Wildman–Crippen MR) is 92.8 cm³/mol. The minimum atomic E-state index is -4.53. The largest absolute Gasteiger partial charge is 0.508 e. The second kappa shape index (κ2) is 7.76. The zero-order chi connectivity index (χ0) is 17.9. The van der Waals surface area contributed by atoms with E-state index in [4.69, 9.17) is 0 Å². The first-order valence-corrected chi connectivity index (χ1v) is 10.8. The van der Waals surface area contributed by atoms with Gasteiger partial charge in [-0.2, -0.15) is 14.0 Å². The van der Waals surface area contributed by atoms with Crippen molar-refractivity contribution in [2.24, 2.45) is 0 Å². The van der Waals surface area contributed by atoms with E-state index in [2.05, 4.69) is 3.74 Å². The van der Waals surface area contributed by atoms with E-state index in [1.54, 1.807) is 42.5 Å². The summed E-state index contributed by atoms with van der Waals surface area (Å²) in [5.74, 6) is 0.159. The number of aromatic hydroxyl groups is 1. The molecule has 5 nitrogen and oxygen atoms in total. The van der Waals surface area contributed by atoms with Crippen molar-refractivity contribution in [1.82, 2.24) is 0 Å². The molecular weight excluding hydrogens is 384 g/mol. The molecule has 1 atom stereocenters. The van der Waals surface area contributed by atoms with Crippen molar-refractivity contribution < 1.29 is 33.1 Å². The van der Waals surface area contributed by atoms with E-state index in [0.717, 1.165) is 16.0 Å². The summed E-state index contributed by atoms with van der Waals surface area (Å²) in [6.07, 6.45) is 5.28. The summed E-state index contributed by atoms with van der Waals surface area (Å²) in [4.78, 5) is 1.41. The van der Waals surface area contributed by atoms with Gasteiger partial charge in [0.25, 0.3) is 0 Å². The number of allylic oxidation sites excluding steroid dienone is 2. The average Bonchev–Trinajstić information content (AvgIpc) is 2.96. The minimum Gasteiger partial charge on any atom is -0.508 e. The Balaban J connectivity index is 1.89. The summed E-state index contributed by atoms with van der Waals surface area (Å²) in [6, 6.07) is 16.0. The van der Waals surface area contributed by atoms with Gasteiger partial charge in [-0.25, -0.2) is 0 Å². The number of hydrogen-bond donors (Lipinski definition) is 1. The van der Waals surface area contributed by atoms with Crippen molar-refractivity contribution in [3.8, 4) is 5.75 Å². The van der Waals surface area contributed by atoms with Crippen molar-refractivity contribution in [2.75, 3.05) is 0 Å². The van der Waals surface area contributed by atoms with Gasteiger partial charge in [-0.1, -0.05) is 48.5 Å². The van der Waals surface area contributed by atoms with Crippen LogP contribution in [0.5, 0.6) is 5.75 Å². The van der Waals surface area contributed by atoms with E-state index in [-0.39, 0.29) is 5.75 Å². The van der Waals surface area contributed by atoms with Crippen molar-refractivity contribution in [2.45, 2.75) is 0 Å². The molecule has 0 bridgehead atoms. The predicted octanol–water partition coefficient (Wildman–Crippen LogP) is 1.38. The van der Waals surface area contributed by atoms with Gasteiger partial charge >= 0.3 is 0 Å². The maximum Gasteiger partial charge on any atom is 0.179 e. The van der Waals surface area contributed by atoms with E-state index >= 15 is 0 Å². The number of halogens is 1. The van der Waals surface area contributed by atoms with Gasteiger partial charge in [-0.05, 0) is 46.2 Å². The van der Waals surface area contributed by atoms with Gasteiger partial charge in [0.05, 0.1) is 15.1 Å². The Kier molecular flexibility index (Phi) is 5.65. The molecule has 1 aliphatic heterocycles. The Morgan fingerprint density at radius 3 is 2.28 bits per heavy atom. The second-order valence-corrected chi connectivity index (χ2v) is 9.18. The summed E-state index contributed by atoms with van der Waals surface area (Å²) >= 11 is 0. The van der Waals surface area contributed by atoms with Crippen LogP contribution in [0.3, 0.4) is 0 Å². The molecule has 130 valence electrons. The Morgan fingerprint density at radius 1 is 0.960 bits per heavy atom. The average molecular weight is 397 g/mol. The molecule has 0 aromatic heterocycles. The maximum absolute atomic E-state index is 11.0. The normalized spacial score (nSPS) is 18.0. The van der Waals surface area contributed by atoms with Crippen LogP contribution < -0.4 is 14.0 Å². The summed E-state index contributed by atoms with van der Waals surface area (Å²) in [6.45, 7) is 0. The summed E-state index contributed by atoms with van der Waals surface area (Å²) in [7, 11) is -4.59. The summed E-state index contributed by atoms with van der Waals surface area (Å²) in [5.41, 5.74) is 1.74. The lowest BCUT2D eigenvalue weighted by atomic mass is 10.1. The van der Waals surface area contributed by atoms with E-state index < -0.39 is 20.0 Å². The Hall–Kier alpha value is -1.58. The van der Waals surface area contributed by atoms with Crippen LogP contribution in [0.1, 0.15) is 11.1 Å². The Bertz CT molecular complexity index is 840. The molecule has 2 aromatic rings. The standard InChI is InChI=1S/C17H13ClO5S2/c19-15-9-6-13(7-10-15)8-11-16-12-17(14-4-2-1-3-5-14)24-25(16)23-18(20,21)22/h1-12,19H/b11-8+. The lowest BCUT2D eigenvalue weighted by Crippen LogP contribution is -2.60. The number of rotatable bonds is 5. The lowest BCUT2D eigenvalue weighted by molar-refractivity contribution is -1.91. The van der Waals surface area contributed by atoms with Gasteiger partial charge in [-0.15, -0.1) is 0 Å². The fraction of sp³-hybridized carbons (Fsp3) is 0. The lowest BCUT2D eigenvalue weighted by Gasteiger charge is -2.12. The fourth-order valence-corrected chi connectivity index (χ4v) is 6.46. The quantitative estimate of drug-likeness (QED) is 0.465. The van der Waals surface area contributed by atoms with Crippen LogP contribution in [0, 0.1) is 10.2 Å². The van der Waals surface area contributed by atoms with Crippen LogP contribution in [0.25, 0.3) is 11.0 Å². The highest BCUT2D eigenvalue weighted by Gasteiger charge is 2.30. The molecule has 1 aliphatic rings. The van der Waals surface area contributed by atoms with E-state index in [1.807, 2.05) is 30.3 Å². The van der Waals surface area contributed by atoms with Gasteiger partial charge in [0.1, 0.15) is 9.49 Å². The molecule has 8 heteroatoms. The van der Waals surface area contributed by atoms with Gasteiger partial charge in [0.2, 0.25) is 0 Å². The molecule has 0 saturated carbocycles. The maximum atomic E-state index is 11.0. The number of hydrogen-bond acceptors (Lipinski definition) is 6. The fourth-order valence-electron chi connectivity index (χ4n) is 2.05. The first-order chi connectivity index (χ1) is 11.9. The number of phenolic OH excluding ortho intramolecular Hbond substituents is 1. The van der Waals surface area contributed by atoms with Crippen LogP contribution in [0.2, 0.25) is 0 Å². The van der Waals surface area contributed by atoms with E-state index in [9.17, 15) is 19.1 Å². The SMILES string of the molecule is [O-][Cl+3]([O-])([O-])OS1=C(/C=C/c2ccc(O)cc2)C=C(c2ccccc2)S1. The first-order valence-electron chi connectivity index (χ1n) is 7.05. The molecule has 3 rings (SSSR count). The number of phenols is 1. The molecular formula is C17H13ClO5S2. The molecule has 1 N–H and O–H groups in total. The van der Waals surface area contributed by atoms with E-state index in [1.165, 1.54) is 10.8 Å². The van der Waals surface area contributed by atoms with Crippen molar-refractivity contribution >= 4 is 36.4 Å². The number of benzene rings is 2. The summed E-state index contributed by atoms with van der Waals surface area (Å²) < 4.78 is 37.6. The Labute approximate surface area is 153 Å². The molecule has 25 heavy (non-hydrogen) atoms. The highest BCUT2D eigenvalue weighted by molar-refractivity contribution is 8.85. The van der Waals surface area contributed by atoms with Crippen molar-refractivity contribution in [3.05, 3.63) is 77.9 Å². The van der Waals surface area contributed by atoms with Crippen LogP contribution in [0.15, 0.2) is 66.7 Å². The van der Waals surface area contributed by atoms with Gasteiger partial charge in [0.15, 0.2) is 9.80 Å². The second-order valence-electron chi connectivity index (χ2n) is 4.96. The molecule has 0 saturated heterocycles. The Morgan fingerprint density at radius 2 is 1.64 bits per heavy atom. The summed E-state index contributed by atoms with van der Waals surface area (Å²) in [5, 5.41) is 9.30. The smallest absolute Gasteiger partial charge is 0.179 e. The van der Waals surface area contributed by atoms with Crippen molar-refractivity contribution in [3.63, 3.8) is 0 Å².